The van der Waals surface area contributed by atoms with Crippen molar-refractivity contribution in [1.82, 2.24) is 9.97 Å². The maximum Gasteiger partial charge on any atom is 0.224 e. The molecule has 0 fully saturated rings. The molecular weight excluding hydrogens is 431 g/mol. The first-order chi connectivity index (χ1) is 13.1. The van der Waals surface area contributed by atoms with E-state index in [2.05, 4.69) is 38.9 Å². The highest BCUT2D eigenvalue weighted by Gasteiger charge is 2.20. The highest BCUT2D eigenvalue weighted by Crippen LogP contribution is 2.41. The monoisotopic (exact) mass is 450 g/mol. The van der Waals surface area contributed by atoms with Crippen LogP contribution in [0.25, 0.3) is 21.3 Å². The number of hydrogen-bond donors (Lipinski definition) is 2. The second-order valence-corrected chi connectivity index (χ2v) is 8.88. The topological polar surface area (TPSA) is 63.8 Å². The van der Waals surface area contributed by atoms with Gasteiger partial charge in [-0.1, -0.05) is 36.4 Å². The number of halogens is 2. The molecule has 3 N–H and O–H groups in total. The first-order valence-electron chi connectivity index (χ1n) is 8.68. The Bertz CT molecular complexity index is 1050. The van der Waals surface area contributed by atoms with Crippen LogP contribution in [0.15, 0.2) is 47.8 Å². The average molecular weight is 451 g/mol. The largest absolute Gasteiger partial charge is 0.364 e. The first kappa shape index (κ1) is 21.0. The molecule has 0 unspecified atom stereocenters. The van der Waals surface area contributed by atoms with Crippen LogP contribution in [0.3, 0.4) is 0 Å². The van der Waals surface area contributed by atoms with Crippen LogP contribution in [0.5, 0.6) is 0 Å². The van der Waals surface area contributed by atoms with Crippen molar-refractivity contribution in [3.63, 3.8) is 0 Å². The van der Waals surface area contributed by atoms with E-state index in [-0.39, 0.29) is 23.7 Å². The molecule has 1 atom stereocenters. The molecular formula is C20H20Cl2N4S2. The molecule has 3 heterocycles. The van der Waals surface area contributed by atoms with Crippen LogP contribution in [0.4, 0.5) is 5.82 Å². The van der Waals surface area contributed by atoms with E-state index in [1.807, 2.05) is 31.2 Å². The molecule has 0 aliphatic heterocycles. The van der Waals surface area contributed by atoms with E-state index in [1.165, 1.54) is 9.75 Å². The minimum atomic E-state index is 0. The van der Waals surface area contributed by atoms with Crippen molar-refractivity contribution in [2.45, 2.75) is 25.9 Å². The molecule has 3 aromatic heterocycles. The zero-order valence-electron chi connectivity index (χ0n) is 15.2. The standard InChI is InChI=1S/C20H19ClN4S2.ClH/c1-12(22)10-15-16(13-6-3-2-4-7-13)17-18(27-15)19(25-20(21)24-17)23-11-14-8-5-9-26-14;/h2-9,12H,10-11,22H2,1H3,(H,23,24,25);1H/t12-;/m0./s1. The second-order valence-electron chi connectivity index (χ2n) is 6.40. The number of nitrogens with zero attached hydrogens (tertiary/aromatic N) is 2. The normalized spacial score (nSPS) is 12.0. The molecule has 8 heteroatoms. The minimum absolute atomic E-state index is 0. The van der Waals surface area contributed by atoms with Crippen LogP contribution in [0, 0.1) is 0 Å². The van der Waals surface area contributed by atoms with Gasteiger partial charge >= 0.3 is 0 Å². The highest BCUT2D eigenvalue weighted by atomic mass is 35.5. The van der Waals surface area contributed by atoms with Crippen molar-refractivity contribution in [3.8, 4) is 11.1 Å². The van der Waals surface area contributed by atoms with Gasteiger partial charge in [0, 0.05) is 21.4 Å². The number of aromatic nitrogens is 2. The molecule has 0 amide bonds. The summed E-state index contributed by atoms with van der Waals surface area (Å²) in [4.78, 5) is 11.5. The Balaban J connectivity index is 0.00000225. The van der Waals surface area contributed by atoms with Gasteiger partial charge in [0.25, 0.3) is 0 Å². The van der Waals surface area contributed by atoms with E-state index < -0.39 is 0 Å². The summed E-state index contributed by atoms with van der Waals surface area (Å²) in [6, 6.07) is 14.5. The van der Waals surface area contributed by atoms with E-state index in [9.17, 15) is 0 Å². The molecule has 0 bridgehead atoms. The number of hydrogen-bond acceptors (Lipinski definition) is 6. The van der Waals surface area contributed by atoms with Crippen molar-refractivity contribution >= 4 is 62.7 Å². The van der Waals surface area contributed by atoms with Gasteiger partial charge < -0.3 is 11.1 Å². The highest BCUT2D eigenvalue weighted by molar-refractivity contribution is 7.20. The fourth-order valence-corrected chi connectivity index (χ4v) is 5.22. The van der Waals surface area contributed by atoms with Crippen LogP contribution in [-0.2, 0) is 13.0 Å². The van der Waals surface area contributed by atoms with E-state index in [4.69, 9.17) is 17.3 Å². The molecule has 0 aliphatic rings. The van der Waals surface area contributed by atoms with E-state index in [0.717, 1.165) is 33.6 Å². The number of thiophene rings is 2. The molecule has 1 aromatic carbocycles. The van der Waals surface area contributed by atoms with Crippen LogP contribution in [0.2, 0.25) is 5.28 Å². The predicted octanol–water partition coefficient (Wildman–Crippen LogP) is 6.00. The van der Waals surface area contributed by atoms with Gasteiger partial charge in [-0.05, 0) is 42.0 Å². The Morgan fingerprint density at radius 3 is 2.61 bits per heavy atom. The van der Waals surface area contributed by atoms with Gasteiger partial charge in [-0.25, -0.2) is 4.98 Å². The lowest BCUT2D eigenvalue weighted by Gasteiger charge is -2.07. The third kappa shape index (κ3) is 4.47. The molecule has 146 valence electrons. The fourth-order valence-electron chi connectivity index (χ4n) is 3.04. The zero-order valence-corrected chi connectivity index (χ0v) is 18.4. The minimum Gasteiger partial charge on any atom is -0.364 e. The molecule has 4 aromatic rings. The fraction of sp³-hybridized carbons (Fsp3) is 0.200. The number of anilines is 1. The van der Waals surface area contributed by atoms with Crippen molar-refractivity contribution < 1.29 is 0 Å². The Morgan fingerprint density at radius 2 is 1.93 bits per heavy atom. The predicted molar refractivity (Wildman–Crippen MR) is 124 cm³/mol. The van der Waals surface area contributed by atoms with Crippen molar-refractivity contribution in [3.05, 3.63) is 62.9 Å². The smallest absolute Gasteiger partial charge is 0.224 e. The third-order valence-electron chi connectivity index (χ3n) is 4.16. The Labute approximate surface area is 183 Å². The summed E-state index contributed by atoms with van der Waals surface area (Å²) in [6.45, 7) is 2.73. The Kier molecular flexibility index (Phi) is 6.91. The van der Waals surface area contributed by atoms with Gasteiger partial charge in [0.15, 0.2) is 0 Å². The average Bonchev–Trinajstić information content (AvgIpc) is 3.27. The van der Waals surface area contributed by atoms with Crippen LogP contribution in [0.1, 0.15) is 16.7 Å². The Morgan fingerprint density at radius 1 is 1.14 bits per heavy atom. The van der Waals surface area contributed by atoms with Gasteiger partial charge in [-0.3, -0.25) is 0 Å². The lowest BCUT2D eigenvalue weighted by molar-refractivity contribution is 0.747. The summed E-state index contributed by atoms with van der Waals surface area (Å²) >= 11 is 9.69. The summed E-state index contributed by atoms with van der Waals surface area (Å²) < 4.78 is 1.02. The van der Waals surface area contributed by atoms with Crippen LogP contribution >= 0.6 is 46.7 Å². The van der Waals surface area contributed by atoms with Gasteiger partial charge in [-0.15, -0.1) is 35.1 Å². The summed E-state index contributed by atoms with van der Waals surface area (Å²) in [6.07, 6.45) is 0.785. The molecule has 4 rings (SSSR count). The van der Waals surface area contributed by atoms with E-state index >= 15 is 0 Å². The molecule has 0 saturated carbocycles. The molecule has 0 radical (unpaired) electrons. The quantitative estimate of drug-likeness (QED) is 0.353. The number of benzene rings is 1. The third-order valence-corrected chi connectivity index (χ3v) is 6.41. The van der Waals surface area contributed by atoms with Gasteiger partial charge in [0.1, 0.15) is 5.82 Å². The van der Waals surface area contributed by atoms with Gasteiger partial charge in [0.2, 0.25) is 5.28 Å². The molecule has 4 nitrogen and oxygen atoms in total. The summed E-state index contributed by atoms with van der Waals surface area (Å²) in [5, 5.41) is 5.75. The van der Waals surface area contributed by atoms with E-state index in [0.29, 0.717) is 6.54 Å². The van der Waals surface area contributed by atoms with Gasteiger partial charge in [0.05, 0.1) is 16.8 Å². The second kappa shape index (κ2) is 9.20. The first-order valence-corrected chi connectivity index (χ1v) is 10.8. The number of nitrogens with one attached hydrogen (secondary N) is 1. The molecule has 0 aliphatic carbocycles. The van der Waals surface area contributed by atoms with Crippen LogP contribution < -0.4 is 11.1 Å². The number of rotatable bonds is 6. The molecule has 28 heavy (non-hydrogen) atoms. The maximum absolute atomic E-state index is 6.28. The summed E-state index contributed by atoms with van der Waals surface area (Å²) in [5.41, 5.74) is 9.23. The van der Waals surface area contributed by atoms with Crippen molar-refractivity contribution in [1.29, 1.82) is 0 Å². The SMILES string of the molecule is C[C@H](N)Cc1sc2c(NCc3cccs3)nc(Cl)nc2c1-c1ccccc1.Cl. The lowest BCUT2D eigenvalue weighted by atomic mass is 10.0. The van der Waals surface area contributed by atoms with Crippen molar-refractivity contribution in [2.75, 3.05) is 5.32 Å². The Hall–Kier alpha value is -1.70. The summed E-state index contributed by atoms with van der Waals surface area (Å²) in [7, 11) is 0. The van der Waals surface area contributed by atoms with Crippen LogP contribution in [-0.4, -0.2) is 16.0 Å². The molecule has 0 saturated heterocycles. The number of nitrogens with two attached hydrogens (primary N) is 1. The van der Waals surface area contributed by atoms with Crippen molar-refractivity contribution in [2.24, 2.45) is 5.73 Å². The summed E-state index contributed by atoms with van der Waals surface area (Å²) in [5.74, 6) is 0.775. The van der Waals surface area contributed by atoms with Gasteiger partial charge in [-0.2, -0.15) is 4.98 Å². The lowest BCUT2D eigenvalue weighted by Crippen LogP contribution is -2.17. The zero-order chi connectivity index (χ0) is 18.8. The molecule has 0 spiro atoms. The van der Waals surface area contributed by atoms with E-state index in [1.54, 1.807) is 22.7 Å². The number of fused-ring (bicyclic) bond motifs is 1. The maximum atomic E-state index is 6.28.